The third-order valence-corrected chi connectivity index (χ3v) is 6.48. The van der Waals surface area contributed by atoms with Crippen molar-refractivity contribution in [1.82, 2.24) is 5.43 Å². The molecule has 2 aromatic rings. The molecule has 2 aromatic carbocycles. The molecule has 1 amide bonds. The van der Waals surface area contributed by atoms with Gasteiger partial charge in [-0.25, -0.2) is 5.43 Å². The molecule has 0 bridgehead atoms. The van der Waals surface area contributed by atoms with Crippen molar-refractivity contribution in [1.29, 1.82) is 0 Å². The average Bonchev–Trinajstić information content (AvgIpc) is 3.21. The highest BCUT2D eigenvalue weighted by Gasteiger charge is 2.60. The van der Waals surface area contributed by atoms with Crippen LogP contribution in [0.5, 0.6) is 5.75 Å². The van der Waals surface area contributed by atoms with E-state index in [1.54, 1.807) is 42.5 Å². The molecule has 0 radical (unpaired) electrons. The number of hydrazone groups is 1. The fraction of sp³-hybridized carbons (Fsp3) is 0.273. The highest BCUT2D eigenvalue weighted by molar-refractivity contribution is 6.55. The first-order valence-corrected chi connectivity index (χ1v) is 11.2. The zero-order valence-corrected chi connectivity index (χ0v) is 20.4. The second-order valence-electron chi connectivity index (χ2n) is 7.69. The van der Waals surface area contributed by atoms with Crippen molar-refractivity contribution in [3.63, 3.8) is 0 Å². The Balaban J connectivity index is 1.69. The maximum atomic E-state index is 12.5. The number of amides is 1. The fourth-order valence-electron chi connectivity index (χ4n) is 3.43. The summed E-state index contributed by atoms with van der Waals surface area (Å²) in [5, 5.41) is 5.59. The van der Waals surface area contributed by atoms with Crippen LogP contribution in [0, 0.1) is 17.3 Å². The maximum Gasteiger partial charge on any atom is 0.244 e. The third-order valence-electron chi connectivity index (χ3n) is 5.28. The molecule has 31 heavy (non-hydrogen) atoms. The van der Waals surface area contributed by atoms with E-state index in [0.29, 0.717) is 31.9 Å². The first-order chi connectivity index (χ1) is 14.6. The molecule has 164 valence electrons. The minimum atomic E-state index is -0.269. The molecule has 0 saturated heterocycles. The maximum absolute atomic E-state index is 12.5. The number of hydrogen-bond acceptors (Lipinski definition) is 3. The van der Waals surface area contributed by atoms with Crippen molar-refractivity contribution in [3.8, 4) is 5.75 Å². The van der Waals surface area contributed by atoms with E-state index < -0.39 is 0 Å². The van der Waals surface area contributed by atoms with E-state index in [2.05, 4.69) is 10.5 Å². The van der Waals surface area contributed by atoms with Crippen LogP contribution in [0.1, 0.15) is 25.0 Å². The third kappa shape index (κ3) is 5.88. The summed E-state index contributed by atoms with van der Waals surface area (Å²) < 4.78 is 6.03. The molecular formula is C22H19Cl5N2O2. The second-order valence-corrected chi connectivity index (χ2v) is 9.95. The number of benzene rings is 2. The summed E-state index contributed by atoms with van der Waals surface area (Å²) in [6.45, 7) is 4.11. The number of halogens is 5. The minimum Gasteiger partial charge on any atom is -0.488 e. The summed E-state index contributed by atoms with van der Waals surface area (Å²) in [5.41, 5.74) is 3.58. The summed E-state index contributed by atoms with van der Waals surface area (Å²) >= 11 is 30.0. The zero-order chi connectivity index (χ0) is 22.8. The van der Waals surface area contributed by atoms with E-state index in [0.717, 1.165) is 0 Å². The van der Waals surface area contributed by atoms with Crippen molar-refractivity contribution in [3.05, 3.63) is 73.2 Å². The van der Waals surface area contributed by atoms with Crippen LogP contribution in [0.2, 0.25) is 15.1 Å². The zero-order valence-electron chi connectivity index (χ0n) is 16.6. The van der Waals surface area contributed by atoms with E-state index in [-0.39, 0.29) is 34.3 Å². The Morgan fingerprint density at radius 2 is 1.84 bits per heavy atom. The van der Waals surface area contributed by atoms with Crippen LogP contribution in [0.15, 0.2) is 52.1 Å². The molecule has 0 heterocycles. The molecule has 1 aliphatic rings. The van der Waals surface area contributed by atoms with Crippen LogP contribution in [0.4, 0.5) is 0 Å². The number of nitrogens with one attached hydrogen (secondary N) is 1. The lowest BCUT2D eigenvalue weighted by atomic mass is 10.1. The number of rotatable bonds is 7. The molecule has 9 heteroatoms. The molecule has 1 aliphatic carbocycles. The number of allylic oxidation sites excluding steroid dienone is 1. The van der Waals surface area contributed by atoms with E-state index in [1.807, 2.05) is 13.8 Å². The Hall–Kier alpha value is -1.43. The Labute approximate surface area is 206 Å². The van der Waals surface area contributed by atoms with Crippen molar-refractivity contribution >= 4 is 70.1 Å². The lowest BCUT2D eigenvalue weighted by Gasteiger charge is -2.12. The Kier molecular flexibility index (Phi) is 7.82. The Morgan fingerprint density at radius 3 is 2.48 bits per heavy atom. The van der Waals surface area contributed by atoms with Gasteiger partial charge in [0.15, 0.2) is 0 Å². The molecule has 4 nitrogen and oxygen atoms in total. The van der Waals surface area contributed by atoms with Crippen LogP contribution >= 0.6 is 58.0 Å². The molecule has 1 saturated carbocycles. The molecule has 2 unspecified atom stereocenters. The Bertz CT molecular complexity index is 1030. The van der Waals surface area contributed by atoms with Gasteiger partial charge in [-0.1, -0.05) is 77.9 Å². The summed E-state index contributed by atoms with van der Waals surface area (Å²) in [6, 6.07) is 10.3. The van der Waals surface area contributed by atoms with Crippen LogP contribution in [-0.4, -0.2) is 12.1 Å². The van der Waals surface area contributed by atoms with E-state index in [1.165, 1.54) is 6.21 Å². The fourth-order valence-corrected chi connectivity index (χ4v) is 4.39. The van der Waals surface area contributed by atoms with Crippen molar-refractivity contribution in [2.75, 3.05) is 0 Å². The molecule has 1 fully saturated rings. The first-order valence-electron chi connectivity index (χ1n) is 9.32. The molecule has 0 aromatic heterocycles. The predicted molar refractivity (Wildman–Crippen MR) is 129 cm³/mol. The summed E-state index contributed by atoms with van der Waals surface area (Å²) in [7, 11) is 0. The summed E-state index contributed by atoms with van der Waals surface area (Å²) in [6.07, 6.45) is 3.15. The predicted octanol–water partition coefficient (Wildman–Crippen LogP) is 7.27. The van der Waals surface area contributed by atoms with E-state index in [9.17, 15) is 4.79 Å². The second kappa shape index (κ2) is 10.0. The number of carbonyl (C=O) groups is 1. The van der Waals surface area contributed by atoms with Crippen molar-refractivity contribution < 1.29 is 9.53 Å². The number of nitrogens with zero attached hydrogens (tertiary/aromatic N) is 1. The SMILES string of the molecule is CC1(C)C(C=C(Cl)Cl)C1C(=O)N/N=C/c1cc(Cl)ccc1OCc1c(Cl)cccc1Cl. The van der Waals surface area contributed by atoms with Gasteiger partial charge in [0.2, 0.25) is 5.91 Å². The van der Waals surface area contributed by atoms with Gasteiger partial charge in [0.25, 0.3) is 0 Å². The lowest BCUT2D eigenvalue weighted by molar-refractivity contribution is -0.123. The lowest BCUT2D eigenvalue weighted by Crippen LogP contribution is -2.22. The van der Waals surface area contributed by atoms with Gasteiger partial charge in [-0.3, -0.25) is 4.79 Å². The highest BCUT2D eigenvalue weighted by Crippen LogP contribution is 2.59. The monoisotopic (exact) mass is 518 g/mol. The van der Waals surface area contributed by atoms with Gasteiger partial charge in [0.1, 0.15) is 16.8 Å². The normalized spacial score (nSPS) is 19.2. The van der Waals surface area contributed by atoms with Gasteiger partial charge in [0.05, 0.1) is 12.1 Å². The van der Waals surface area contributed by atoms with Crippen molar-refractivity contribution in [2.24, 2.45) is 22.4 Å². The molecule has 1 N–H and O–H groups in total. The van der Waals surface area contributed by atoms with Gasteiger partial charge in [-0.05, 0) is 47.7 Å². The quantitative estimate of drug-likeness (QED) is 0.308. The van der Waals surface area contributed by atoms with E-state index in [4.69, 9.17) is 62.7 Å². The summed E-state index contributed by atoms with van der Waals surface area (Å²) in [5.74, 6) is -0.0166. The summed E-state index contributed by atoms with van der Waals surface area (Å²) in [4.78, 5) is 12.5. The molecule has 2 atom stereocenters. The van der Waals surface area contributed by atoms with Crippen LogP contribution in [0.3, 0.4) is 0 Å². The van der Waals surface area contributed by atoms with Crippen LogP contribution in [0.25, 0.3) is 0 Å². The number of ether oxygens (including phenoxy) is 1. The van der Waals surface area contributed by atoms with Gasteiger partial charge in [-0.2, -0.15) is 5.10 Å². The molecule has 0 aliphatic heterocycles. The Morgan fingerprint density at radius 1 is 1.16 bits per heavy atom. The minimum absolute atomic E-state index is 0.0434. The largest absolute Gasteiger partial charge is 0.488 e. The van der Waals surface area contributed by atoms with Gasteiger partial charge < -0.3 is 4.74 Å². The number of carbonyl (C=O) groups excluding carboxylic acids is 1. The van der Waals surface area contributed by atoms with Crippen molar-refractivity contribution in [2.45, 2.75) is 20.5 Å². The molecule has 3 rings (SSSR count). The van der Waals surface area contributed by atoms with Crippen LogP contribution in [-0.2, 0) is 11.4 Å². The average molecular weight is 521 g/mol. The smallest absolute Gasteiger partial charge is 0.244 e. The molecular weight excluding hydrogens is 502 g/mol. The van der Waals surface area contributed by atoms with Gasteiger partial charge in [0, 0.05) is 26.2 Å². The van der Waals surface area contributed by atoms with E-state index >= 15 is 0 Å². The van der Waals surface area contributed by atoms with Crippen LogP contribution < -0.4 is 10.2 Å². The highest BCUT2D eigenvalue weighted by atomic mass is 35.5. The van der Waals surface area contributed by atoms with Gasteiger partial charge >= 0.3 is 0 Å². The topological polar surface area (TPSA) is 50.7 Å². The number of hydrogen-bond donors (Lipinski definition) is 1. The first kappa shape index (κ1) is 24.2. The standard InChI is InChI=1S/C22H19Cl5N2O2/c1-22(2)15(9-19(26)27)20(22)21(30)29-28-10-12-8-13(23)6-7-18(12)31-11-14-16(24)4-3-5-17(14)25/h3-10,15,20H,11H2,1-2H3,(H,29,30)/b28-10+. The van der Waals surface area contributed by atoms with Gasteiger partial charge in [-0.15, -0.1) is 0 Å². The molecule has 0 spiro atoms.